The summed E-state index contributed by atoms with van der Waals surface area (Å²) in [7, 11) is 0. The van der Waals surface area contributed by atoms with Crippen molar-refractivity contribution in [2.45, 2.75) is 27.3 Å². The van der Waals surface area contributed by atoms with Crippen LogP contribution >= 0.6 is 0 Å². The third-order valence-electron chi connectivity index (χ3n) is 2.70. The van der Waals surface area contributed by atoms with Crippen LogP contribution in [-0.4, -0.2) is 26.8 Å². The number of aromatic nitrogens is 4. The van der Waals surface area contributed by atoms with Gasteiger partial charge in [0, 0.05) is 0 Å². The summed E-state index contributed by atoms with van der Waals surface area (Å²) in [4.78, 5) is 0. The van der Waals surface area contributed by atoms with Gasteiger partial charge in [0.05, 0.1) is 6.54 Å². The molecule has 19 heavy (non-hydrogen) atoms. The number of rotatable bonds is 5. The minimum absolute atomic E-state index is 0.331. The molecule has 0 bridgehead atoms. The van der Waals surface area contributed by atoms with Crippen LogP contribution in [0.4, 0.5) is 4.39 Å². The first-order chi connectivity index (χ1) is 9.08. The molecule has 0 saturated heterocycles. The Hall–Kier alpha value is -1.82. The molecule has 1 N–H and O–H groups in total. The predicted octanol–water partition coefficient (Wildman–Crippen LogP) is 1.86. The van der Waals surface area contributed by atoms with Crippen molar-refractivity contribution in [3.05, 3.63) is 35.4 Å². The van der Waals surface area contributed by atoms with Crippen molar-refractivity contribution in [1.29, 1.82) is 0 Å². The van der Waals surface area contributed by atoms with E-state index in [0.29, 0.717) is 24.0 Å². The average molecular weight is 263 g/mol. The van der Waals surface area contributed by atoms with E-state index in [0.717, 1.165) is 12.1 Å². The molecule has 5 nitrogen and oxygen atoms in total. The largest absolute Gasteiger partial charge is 0.310 e. The zero-order chi connectivity index (χ0) is 13.8. The third-order valence-corrected chi connectivity index (χ3v) is 2.70. The molecule has 0 radical (unpaired) electrons. The predicted molar refractivity (Wildman–Crippen MR) is 70.4 cm³/mol. The van der Waals surface area contributed by atoms with Gasteiger partial charge in [0.15, 0.2) is 5.82 Å². The van der Waals surface area contributed by atoms with Crippen LogP contribution in [0.3, 0.4) is 0 Å². The molecule has 2 rings (SSSR count). The van der Waals surface area contributed by atoms with E-state index in [9.17, 15) is 4.39 Å². The van der Waals surface area contributed by atoms with Crippen LogP contribution in [0.15, 0.2) is 18.2 Å². The quantitative estimate of drug-likeness (QED) is 0.894. The molecule has 1 heterocycles. The maximum absolute atomic E-state index is 13.8. The highest BCUT2D eigenvalue weighted by Crippen LogP contribution is 2.15. The van der Waals surface area contributed by atoms with Gasteiger partial charge in [0.1, 0.15) is 11.5 Å². The van der Waals surface area contributed by atoms with Crippen molar-refractivity contribution in [2.24, 2.45) is 5.92 Å². The molecule has 0 aliphatic heterocycles. The molecule has 1 aromatic carbocycles. The van der Waals surface area contributed by atoms with Crippen LogP contribution in [-0.2, 0) is 6.54 Å². The summed E-state index contributed by atoms with van der Waals surface area (Å²) >= 11 is 0. The van der Waals surface area contributed by atoms with Crippen molar-refractivity contribution in [3.63, 3.8) is 0 Å². The van der Waals surface area contributed by atoms with Gasteiger partial charge in [0.2, 0.25) is 0 Å². The molecule has 0 aliphatic rings. The van der Waals surface area contributed by atoms with E-state index in [4.69, 9.17) is 0 Å². The van der Waals surface area contributed by atoms with Gasteiger partial charge >= 0.3 is 0 Å². The molecule has 6 heteroatoms. The second-order valence-corrected chi connectivity index (χ2v) is 4.99. The third kappa shape index (κ3) is 3.35. The number of halogens is 1. The lowest BCUT2D eigenvalue weighted by atomic mass is 10.2. The summed E-state index contributed by atoms with van der Waals surface area (Å²) in [6.45, 7) is 7.53. The molecule has 102 valence electrons. The van der Waals surface area contributed by atoms with Crippen molar-refractivity contribution in [3.8, 4) is 5.69 Å². The normalized spacial score (nSPS) is 11.2. The lowest BCUT2D eigenvalue weighted by Gasteiger charge is -2.09. The summed E-state index contributed by atoms with van der Waals surface area (Å²) in [5.74, 6) is 0.813. The Labute approximate surface area is 111 Å². The molecule has 0 atom stereocenters. The van der Waals surface area contributed by atoms with Crippen LogP contribution in [0.5, 0.6) is 0 Å². The van der Waals surface area contributed by atoms with Gasteiger partial charge in [-0.15, -0.1) is 5.10 Å². The number of aryl methyl sites for hydroxylation is 1. The highest BCUT2D eigenvalue weighted by Gasteiger charge is 2.12. The van der Waals surface area contributed by atoms with Gasteiger partial charge in [-0.2, -0.15) is 4.68 Å². The van der Waals surface area contributed by atoms with Crippen LogP contribution in [0.1, 0.15) is 25.2 Å². The van der Waals surface area contributed by atoms with Gasteiger partial charge in [-0.1, -0.05) is 19.9 Å². The topological polar surface area (TPSA) is 55.6 Å². The van der Waals surface area contributed by atoms with E-state index < -0.39 is 0 Å². The van der Waals surface area contributed by atoms with Gasteiger partial charge in [0.25, 0.3) is 0 Å². The van der Waals surface area contributed by atoms with Gasteiger partial charge < -0.3 is 5.32 Å². The Balaban J connectivity index is 2.21. The van der Waals surface area contributed by atoms with Crippen LogP contribution < -0.4 is 5.32 Å². The molecule has 0 amide bonds. The number of hydrogen-bond donors (Lipinski definition) is 1. The first kappa shape index (κ1) is 13.6. The fraction of sp³-hybridized carbons (Fsp3) is 0.462. The standard InChI is InChI=1S/C13H18FN5/c1-9(2)7-15-8-13-16-17-18-19(13)12-6-10(3)4-5-11(12)14/h4-6,9,15H,7-8H2,1-3H3. The Morgan fingerprint density at radius 3 is 2.89 bits per heavy atom. The van der Waals surface area contributed by atoms with Crippen molar-refractivity contribution in [1.82, 2.24) is 25.5 Å². The van der Waals surface area contributed by atoms with E-state index in [1.165, 1.54) is 10.7 Å². The highest BCUT2D eigenvalue weighted by atomic mass is 19.1. The lowest BCUT2D eigenvalue weighted by molar-refractivity contribution is 0.534. The summed E-state index contributed by atoms with van der Waals surface area (Å²) < 4.78 is 15.3. The molecule has 0 fully saturated rings. The molecular formula is C13H18FN5. The zero-order valence-corrected chi connectivity index (χ0v) is 11.4. The number of tetrazole rings is 1. The highest BCUT2D eigenvalue weighted by molar-refractivity contribution is 5.36. The lowest BCUT2D eigenvalue weighted by Crippen LogP contribution is -2.21. The molecule has 0 spiro atoms. The maximum Gasteiger partial charge on any atom is 0.170 e. The Morgan fingerprint density at radius 1 is 1.37 bits per heavy atom. The summed E-state index contributed by atoms with van der Waals surface area (Å²) in [5, 5.41) is 14.7. The van der Waals surface area contributed by atoms with E-state index >= 15 is 0 Å². The first-order valence-corrected chi connectivity index (χ1v) is 6.32. The van der Waals surface area contributed by atoms with Crippen molar-refractivity contribution in [2.75, 3.05) is 6.54 Å². The summed E-state index contributed by atoms with van der Waals surface area (Å²) in [6, 6.07) is 4.88. The molecule has 0 saturated carbocycles. The fourth-order valence-electron chi connectivity index (χ4n) is 1.76. The number of benzene rings is 1. The van der Waals surface area contributed by atoms with Crippen molar-refractivity contribution < 1.29 is 4.39 Å². The van der Waals surface area contributed by atoms with Crippen LogP contribution in [0.2, 0.25) is 0 Å². The van der Waals surface area contributed by atoms with E-state index in [2.05, 4.69) is 34.7 Å². The van der Waals surface area contributed by atoms with E-state index in [1.54, 1.807) is 12.1 Å². The second kappa shape index (κ2) is 5.88. The zero-order valence-electron chi connectivity index (χ0n) is 11.4. The summed E-state index contributed by atoms with van der Waals surface area (Å²) in [5.41, 5.74) is 1.35. The number of nitrogens with zero attached hydrogens (tertiary/aromatic N) is 4. The smallest absolute Gasteiger partial charge is 0.170 e. The fourth-order valence-corrected chi connectivity index (χ4v) is 1.76. The molecule has 0 aliphatic carbocycles. The maximum atomic E-state index is 13.8. The second-order valence-electron chi connectivity index (χ2n) is 4.99. The minimum Gasteiger partial charge on any atom is -0.310 e. The minimum atomic E-state index is -0.331. The molecular weight excluding hydrogens is 245 g/mol. The van der Waals surface area contributed by atoms with Crippen LogP contribution in [0, 0.1) is 18.7 Å². The molecule has 1 aromatic heterocycles. The Morgan fingerprint density at radius 2 is 2.16 bits per heavy atom. The Bertz CT molecular complexity index is 550. The van der Waals surface area contributed by atoms with Crippen LogP contribution in [0.25, 0.3) is 5.69 Å². The number of hydrogen-bond acceptors (Lipinski definition) is 4. The van der Waals surface area contributed by atoms with Crippen molar-refractivity contribution >= 4 is 0 Å². The molecule has 0 unspecified atom stereocenters. The van der Waals surface area contributed by atoms with E-state index in [1.807, 2.05) is 6.92 Å². The number of nitrogens with one attached hydrogen (secondary N) is 1. The average Bonchev–Trinajstić information content (AvgIpc) is 2.80. The monoisotopic (exact) mass is 263 g/mol. The van der Waals surface area contributed by atoms with E-state index in [-0.39, 0.29) is 5.82 Å². The first-order valence-electron chi connectivity index (χ1n) is 6.32. The molecule has 2 aromatic rings. The van der Waals surface area contributed by atoms with Gasteiger partial charge in [-0.25, -0.2) is 4.39 Å². The SMILES string of the molecule is Cc1ccc(F)c(-n2nnnc2CNCC(C)C)c1. The Kier molecular flexibility index (Phi) is 4.21. The van der Waals surface area contributed by atoms with Gasteiger partial charge in [-0.3, -0.25) is 0 Å². The van der Waals surface area contributed by atoms with Gasteiger partial charge in [-0.05, 0) is 47.5 Å². The summed E-state index contributed by atoms with van der Waals surface area (Å²) in [6.07, 6.45) is 0.